The molecular weight excluding hydrogens is 789 g/mol. The van der Waals surface area contributed by atoms with Crippen molar-refractivity contribution in [3.63, 3.8) is 0 Å². The molecule has 1 aliphatic heterocycles. The standard InChI is InChI=1S/C25H18Cl3N9O10S3/c1-11-21(22(38)37(36-11)18-9-16(27)20(10-15(18)26)50(45,46)47)35-34-17-8-13(5-6-19(17)49(42,43)44)30-25-32-23(28)31-24(33-25)29-12-3-2-4-14(7-12)48(39,40)41/h2-10,21H,1H3,(H,39,40,41)(H,42,43,44)(H,45,46,47)(H2,29,30,31,32,33)/t21-/m0/s1. The number of benzene rings is 3. The van der Waals surface area contributed by atoms with Gasteiger partial charge in [0.1, 0.15) is 15.5 Å². The molecule has 0 unspecified atom stereocenters. The average Bonchev–Trinajstić information content (AvgIpc) is 3.27. The number of rotatable bonds is 10. The van der Waals surface area contributed by atoms with Crippen LogP contribution < -0.4 is 15.6 Å². The summed E-state index contributed by atoms with van der Waals surface area (Å²) in [4.78, 5) is 23.4. The van der Waals surface area contributed by atoms with Gasteiger partial charge in [-0.1, -0.05) is 29.3 Å². The molecule has 0 radical (unpaired) electrons. The first kappa shape index (κ1) is 36.9. The summed E-state index contributed by atoms with van der Waals surface area (Å²) in [5, 5.41) is 17.0. The molecule has 0 fully saturated rings. The van der Waals surface area contributed by atoms with E-state index >= 15 is 0 Å². The molecule has 5 rings (SSSR count). The molecule has 25 heteroatoms. The van der Waals surface area contributed by atoms with Crippen molar-refractivity contribution in [1.82, 2.24) is 15.0 Å². The number of nitrogens with zero attached hydrogens (tertiary/aromatic N) is 7. The topological polar surface area (TPSA) is 283 Å². The van der Waals surface area contributed by atoms with Crippen LogP contribution in [0.3, 0.4) is 0 Å². The van der Waals surface area contributed by atoms with E-state index in [1.54, 1.807) is 0 Å². The molecule has 1 aromatic heterocycles. The summed E-state index contributed by atoms with van der Waals surface area (Å²) >= 11 is 18.1. The first-order valence-electron chi connectivity index (χ1n) is 13.1. The van der Waals surface area contributed by atoms with Gasteiger partial charge in [0.2, 0.25) is 17.2 Å². The van der Waals surface area contributed by atoms with Crippen LogP contribution in [0, 0.1) is 0 Å². The molecule has 0 saturated heterocycles. The molecule has 262 valence electrons. The van der Waals surface area contributed by atoms with Gasteiger partial charge >= 0.3 is 0 Å². The van der Waals surface area contributed by atoms with Crippen molar-refractivity contribution in [3.05, 3.63) is 69.9 Å². The van der Waals surface area contributed by atoms with Gasteiger partial charge in [-0.25, -0.2) is 0 Å². The fourth-order valence-corrected chi connectivity index (χ4v) is 6.83. The van der Waals surface area contributed by atoms with Crippen LogP contribution in [0.5, 0.6) is 0 Å². The van der Waals surface area contributed by atoms with Crippen molar-refractivity contribution in [3.8, 4) is 0 Å². The Hall–Kier alpha value is -4.39. The van der Waals surface area contributed by atoms with E-state index in [4.69, 9.17) is 34.8 Å². The SMILES string of the molecule is CC1=NN(c2cc(Cl)c(S(=O)(=O)O)cc2Cl)C(=O)[C@H]1N=Nc1cc(Nc2nc(Cl)nc(Nc3cccc(S(=O)(=O)O)c3)n2)ccc1S(=O)(=O)O. The molecule has 1 amide bonds. The number of anilines is 5. The summed E-state index contributed by atoms with van der Waals surface area (Å²) in [5.74, 6) is -1.21. The van der Waals surface area contributed by atoms with Gasteiger partial charge in [-0.2, -0.15) is 60.5 Å². The third kappa shape index (κ3) is 8.31. The lowest BCUT2D eigenvalue weighted by Crippen LogP contribution is -2.30. The van der Waals surface area contributed by atoms with E-state index in [1.165, 1.54) is 25.1 Å². The van der Waals surface area contributed by atoms with Crippen molar-refractivity contribution in [2.75, 3.05) is 15.6 Å². The monoisotopic (exact) mass is 805 g/mol. The minimum atomic E-state index is -4.88. The van der Waals surface area contributed by atoms with Crippen LogP contribution in [0.1, 0.15) is 6.92 Å². The molecule has 1 aliphatic rings. The number of azo groups is 1. The van der Waals surface area contributed by atoms with Crippen LogP contribution in [0.25, 0.3) is 0 Å². The van der Waals surface area contributed by atoms with Gasteiger partial charge in [0.15, 0.2) is 6.04 Å². The Balaban J connectivity index is 1.42. The highest BCUT2D eigenvalue weighted by molar-refractivity contribution is 7.86. The van der Waals surface area contributed by atoms with Gasteiger partial charge in [0.05, 0.1) is 26.3 Å². The number of hydrazone groups is 1. The van der Waals surface area contributed by atoms with Gasteiger partial charge in [-0.3, -0.25) is 18.5 Å². The van der Waals surface area contributed by atoms with Crippen molar-refractivity contribution >= 4 is 111 Å². The fourth-order valence-electron chi connectivity index (χ4n) is 4.21. The Morgan fingerprint density at radius 2 is 1.38 bits per heavy atom. The van der Waals surface area contributed by atoms with Gasteiger partial charge in [-0.15, -0.1) is 0 Å². The van der Waals surface area contributed by atoms with E-state index in [2.05, 4.69) is 40.9 Å². The van der Waals surface area contributed by atoms with Crippen molar-refractivity contribution in [2.24, 2.45) is 15.3 Å². The van der Waals surface area contributed by atoms with Gasteiger partial charge in [0.25, 0.3) is 36.3 Å². The number of aromatic nitrogens is 3. The van der Waals surface area contributed by atoms with E-state index in [9.17, 15) is 43.7 Å². The Labute approximate surface area is 297 Å². The quantitative estimate of drug-likeness (QED) is 0.105. The minimum Gasteiger partial charge on any atom is -0.324 e. The minimum absolute atomic E-state index is 0.0504. The highest BCUT2D eigenvalue weighted by Gasteiger charge is 2.36. The maximum atomic E-state index is 13.3. The van der Waals surface area contributed by atoms with E-state index in [-0.39, 0.29) is 45.0 Å². The van der Waals surface area contributed by atoms with Gasteiger partial charge in [-0.05, 0) is 67.1 Å². The molecule has 0 aliphatic carbocycles. The van der Waals surface area contributed by atoms with E-state index < -0.39 is 67.7 Å². The predicted molar refractivity (Wildman–Crippen MR) is 179 cm³/mol. The van der Waals surface area contributed by atoms with E-state index in [0.29, 0.717) is 0 Å². The zero-order valence-electron chi connectivity index (χ0n) is 24.5. The molecule has 4 aromatic rings. The molecule has 50 heavy (non-hydrogen) atoms. The maximum absolute atomic E-state index is 13.3. The third-order valence-corrected chi connectivity index (χ3v) is 9.91. The summed E-state index contributed by atoms with van der Waals surface area (Å²) in [5.41, 5.74) is -0.317. The molecular formula is C25H18Cl3N9O10S3. The third-order valence-electron chi connectivity index (χ3n) is 6.37. The highest BCUT2D eigenvalue weighted by Crippen LogP contribution is 2.37. The van der Waals surface area contributed by atoms with Crippen LogP contribution >= 0.6 is 34.8 Å². The zero-order chi connectivity index (χ0) is 36.8. The Morgan fingerprint density at radius 3 is 1.98 bits per heavy atom. The van der Waals surface area contributed by atoms with Gasteiger partial charge in [0, 0.05) is 11.4 Å². The second kappa shape index (κ2) is 13.7. The second-order valence-electron chi connectivity index (χ2n) is 9.88. The first-order valence-corrected chi connectivity index (χ1v) is 18.6. The van der Waals surface area contributed by atoms with Crippen LogP contribution in [-0.2, 0) is 35.1 Å². The Morgan fingerprint density at radius 1 is 0.760 bits per heavy atom. The lowest BCUT2D eigenvalue weighted by molar-refractivity contribution is -0.117. The Bertz CT molecular complexity index is 2470. The fraction of sp³-hybridized carbons (Fsp3) is 0.0800. The highest BCUT2D eigenvalue weighted by atomic mass is 35.5. The van der Waals surface area contributed by atoms with Crippen LogP contribution in [0.2, 0.25) is 15.3 Å². The zero-order valence-corrected chi connectivity index (χ0v) is 29.2. The van der Waals surface area contributed by atoms with Crippen molar-refractivity contribution in [1.29, 1.82) is 0 Å². The van der Waals surface area contributed by atoms with Crippen LogP contribution in [-0.4, -0.2) is 71.5 Å². The summed E-state index contributed by atoms with van der Waals surface area (Å²) in [6, 6.07) is 8.72. The van der Waals surface area contributed by atoms with Crippen LogP contribution in [0.4, 0.5) is 34.6 Å². The molecule has 0 saturated carbocycles. The molecule has 5 N–H and O–H groups in total. The molecule has 3 aromatic carbocycles. The molecule has 0 bridgehead atoms. The Kier molecular flexibility index (Phi) is 10.1. The summed E-state index contributed by atoms with van der Waals surface area (Å²) in [6.45, 7) is 1.39. The lowest BCUT2D eigenvalue weighted by Gasteiger charge is -2.15. The molecule has 19 nitrogen and oxygen atoms in total. The predicted octanol–water partition coefficient (Wildman–Crippen LogP) is 4.93. The van der Waals surface area contributed by atoms with Crippen molar-refractivity contribution in [2.45, 2.75) is 27.7 Å². The van der Waals surface area contributed by atoms with E-state index in [0.717, 1.165) is 41.4 Å². The number of carbonyl (C=O) groups is 1. The van der Waals surface area contributed by atoms with Crippen molar-refractivity contribution < 1.29 is 43.7 Å². The number of halogens is 3. The number of nitrogens with one attached hydrogen (secondary N) is 2. The number of amides is 1. The van der Waals surface area contributed by atoms with Gasteiger partial charge < -0.3 is 10.6 Å². The van der Waals surface area contributed by atoms with Crippen LogP contribution in [0.15, 0.2) is 84.6 Å². The molecule has 2 heterocycles. The number of carbonyl (C=O) groups excluding carboxylic acids is 1. The number of hydrogen-bond donors (Lipinski definition) is 5. The summed E-state index contributed by atoms with van der Waals surface area (Å²) < 4.78 is 98.8. The summed E-state index contributed by atoms with van der Waals surface area (Å²) in [6.07, 6.45) is 0. The molecule has 1 atom stereocenters. The largest absolute Gasteiger partial charge is 0.324 e. The second-order valence-corrected chi connectivity index (χ2v) is 15.2. The lowest BCUT2D eigenvalue weighted by atomic mass is 10.2. The average molecular weight is 807 g/mol. The van der Waals surface area contributed by atoms with E-state index in [1.807, 2.05) is 0 Å². The summed E-state index contributed by atoms with van der Waals surface area (Å²) in [7, 11) is -14.1. The number of hydrogen-bond acceptors (Lipinski definition) is 15. The normalized spacial score (nSPS) is 15.4. The maximum Gasteiger partial charge on any atom is 0.296 e. The molecule has 0 spiro atoms. The smallest absolute Gasteiger partial charge is 0.296 e. The first-order chi connectivity index (χ1) is 23.2.